The number of hydrogen-bond acceptors (Lipinski definition) is 7. The number of nitrogens with one attached hydrogen (secondary N) is 2. The van der Waals surface area contributed by atoms with E-state index in [4.69, 9.17) is 14.2 Å². The Hall–Kier alpha value is -1.52. The number of amides is 1. The van der Waals surface area contributed by atoms with Crippen LogP contribution in [-0.2, 0) is 32.6 Å². The Kier molecular flexibility index (Phi) is 6.27. The number of carbonyl (C=O) groups is 1. The van der Waals surface area contributed by atoms with Crippen molar-refractivity contribution in [3.8, 4) is 0 Å². The number of nitrogens with zero attached hydrogens (tertiary/aromatic N) is 2. The molecule has 0 radical (unpaired) electrons. The van der Waals surface area contributed by atoms with E-state index >= 15 is 0 Å². The number of aliphatic hydroxyl groups is 1. The first-order valence-electron chi connectivity index (χ1n) is 10.1. The van der Waals surface area contributed by atoms with Gasteiger partial charge >= 0.3 is 0 Å². The quantitative estimate of drug-likeness (QED) is 0.571. The van der Waals surface area contributed by atoms with Crippen LogP contribution in [0.4, 0.5) is 0 Å². The Morgan fingerprint density at radius 2 is 2.18 bits per heavy atom. The second kappa shape index (κ2) is 8.87. The largest absolute Gasteiger partial charge is 0.388 e. The van der Waals surface area contributed by atoms with E-state index in [0.29, 0.717) is 25.6 Å². The standard InChI is InChI=1S/C19H30N4O5/c1-23-5-4-20-16(23)11-22-17(24)9-13-8-14-19(27-13)18(25)15(28-14)10-21-12-2-6-26-7-3-12/h4-5,12-15,18-19,21,25H,2-3,6-11H2,1H3,(H,22,24)/t13-,14+,15+,18+,19-/m0/s1. The molecule has 1 aromatic rings. The molecular formula is C19H30N4O5. The van der Waals surface area contributed by atoms with E-state index in [2.05, 4.69) is 15.6 Å². The number of hydrogen-bond donors (Lipinski definition) is 3. The van der Waals surface area contributed by atoms with E-state index in [1.165, 1.54) is 0 Å². The zero-order valence-corrected chi connectivity index (χ0v) is 16.3. The molecule has 5 atom stereocenters. The molecule has 1 aromatic heterocycles. The Balaban J connectivity index is 1.18. The van der Waals surface area contributed by atoms with Gasteiger partial charge in [-0.1, -0.05) is 0 Å². The summed E-state index contributed by atoms with van der Waals surface area (Å²) in [7, 11) is 1.89. The highest BCUT2D eigenvalue weighted by molar-refractivity contribution is 5.76. The molecule has 0 aromatic carbocycles. The number of imidazole rings is 1. The van der Waals surface area contributed by atoms with Crippen molar-refractivity contribution in [2.24, 2.45) is 7.05 Å². The van der Waals surface area contributed by atoms with Crippen molar-refractivity contribution in [2.75, 3.05) is 19.8 Å². The van der Waals surface area contributed by atoms with Gasteiger partial charge in [0.2, 0.25) is 5.91 Å². The average Bonchev–Trinajstić information content (AvgIpc) is 3.36. The van der Waals surface area contributed by atoms with E-state index in [-0.39, 0.29) is 36.7 Å². The molecule has 28 heavy (non-hydrogen) atoms. The maximum absolute atomic E-state index is 12.2. The van der Waals surface area contributed by atoms with Gasteiger partial charge in [-0.05, 0) is 12.8 Å². The fourth-order valence-corrected chi connectivity index (χ4v) is 4.22. The van der Waals surface area contributed by atoms with Gasteiger partial charge in [0.05, 0.1) is 31.3 Å². The first kappa shape index (κ1) is 19.8. The third-order valence-corrected chi connectivity index (χ3v) is 5.89. The summed E-state index contributed by atoms with van der Waals surface area (Å²) in [4.78, 5) is 16.4. The van der Waals surface area contributed by atoms with Gasteiger partial charge < -0.3 is 34.5 Å². The van der Waals surface area contributed by atoms with E-state index in [9.17, 15) is 9.90 Å². The minimum Gasteiger partial charge on any atom is -0.388 e. The maximum Gasteiger partial charge on any atom is 0.222 e. The highest BCUT2D eigenvalue weighted by Crippen LogP contribution is 2.35. The fraction of sp³-hybridized carbons (Fsp3) is 0.789. The molecule has 0 saturated carbocycles. The van der Waals surface area contributed by atoms with Gasteiger partial charge in [0, 0.05) is 51.7 Å². The molecule has 4 heterocycles. The summed E-state index contributed by atoms with van der Waals surface area (Å²) in [5.74, 6) is 0.719. The summed E-state index contributed by atoms with van der Waals surface area (Å²) in [6, 6.07) is 0.418. The number of fused-ring (bicyclic) bond motifs is 1. The normalized spacial score (nSPS) is 33.1. The Labute approximate surface area is 164 Å². The summed E-state index contributed by atoms with van der Waals surface area (Å²) in [6.07, 6.45) is 4.75. The van der Waals surface area contributed by atoms with Crippen molar-refractivity contribution >= 4 is 5.91 Å². The number of aromatic nitrogens is 2. The molecule has 9 heteroatoms. The molecule has 3 saturated heterocycles. The summed E-state index contributed by atoms with van der Waals surface area (Å²) in [6.45, 7) is 2.56. The van der Waals surface area contributed by atoms with Crippen LogP contribution in [0.15, 0.2) is 12.4 Å². The van der Waals surface area contributed by atoms with Gasteiger partial charge in [-0.25, -0.2) is 4.98 Å². The van der Waals surface area contributed by atoms with Crippen LogP contribution in [0.5, 0.6) is 0 Å². The molecule has 3 aliphatic rings. The van der Waals surface area contributed by atoms with Crippen LogP contribution in [0.25, 0.3) is 0 Å². The molecule has 3 aliphatic heterocycles. The molecule has 3 N–H and O–H groups in total. The number of rotatable bonds is 7. The number of ether oxygens (including phenoxy) is 3. The first-order valence-corrected chi connectivity index (χ1v) is 10.1. The predicted molar refractivity (Wildman–Crippen MR) is 99.5 cm³/mol. The van der Waals surface area contributed by atoms with E-state index in [1.807, 2.05) is 17.8 Å². The molecular weight excluding hydrogens is 364 g/mol. The summed E-state index contributed by atoms with van der Waals surface area (Å²) >= 11 is 0. The van der Waals surface area contributed by atoms with Gasteiger partial charge in [-0.3, -0.25) is 4.79 Å². The van der Waals surface area contributed by atoms with Gasteiger partial charge in [0.15, 0.2) is 0 Å². The number of carbonyl (C=O) groups excluding carboxylic acids is 1. The van der Waals surface area contributed by atoms with Crippen molar-refractivity contribution in [3.63, 3.8) is 0 Å². The molecule has 1 amide bonds. The molecule has 0 bridgehead atoms. The van der Waals surface area contributed by atoms with Crippen LogP contribution in [-0.4, -0.2) is 76.9 Å². The maximum atomic E-state index is 12.2. The second-order valence-electron chi connectivity index (χ2n) is 7.89. The lowest BCUT2D eigenvalue weighted by Gasteiger charge is -2.26. The van der Waals surface area contributed by atoms with Crippen LogP contribution >= 0.6 is 0 Å². The highest BCUT2D eigenvalue weighted by Gasteiger charge is 2.50. The lowest BCUT2D eigenvalue weighted by molar-refractivity contribution is -0.125. The van der Waals surface area contributed by atoms with E-state index in [1.54, 1.807) is 6.20 Å². The monoisotopic (exact) mass is 394 g/mol. The third-order valence-electron chi connectivity index (χ3n) is 5.89. The van der Waals surface area contributed by atoms with E-state index < -0.39 is 6.10 Å². The predicted octanol–water partition coefficient (Wildman–Crippen LogP) is -0.519. The van der Waals surface area contributed by atoms with Gasteiger partial charge in [0.1, 0.15) is 18.0 Å². The van der Waals surface area contributed by atoms with Crippen molar-refractivity contribution < 1.29 is 24.1 Å². The zero-order valence-electron chi connectivity index (χ0n) is 16.3. The topological polar surface area (TPSA) is 107 Å². The minimum atomic E-state index is -0.669. The van der Waals surface area contributed by atoms with Crippen molar-refractivity contribution in [3.05, 3.63) is 18.2 Å². The van der Waals surface area contributed by atoms with E-state index in [0.717, 1.165) is 31.9 Å². The smallest absolute Gasteiger partial charge is 0.222 e. The van der Waals surface area contributed by atoms with Crippen LogP contribution < -0.4 is 10.6 Å². The molecule has 0 spiro atoms. The van der Waals surface area contributed by atoms with Crippen LogP contribution in [0.3, 0.4) is 0 Å². The lowest BCUT2D eigenvalue weighted by atomic mass is 10.1. The molecule has 0 unspecified atom stereocenters. The Morgan fingerprint density at radius 3 is 2.89 bits per heavy atom. The van der Waals surface area contributed by atoms with Gasteiger partial charge in [-0.15, -0.1) is 0 Å². The summed E-state index contributed by atoms with van der Waals surface area (Å²) < 4.78 is 19.2. The molecule has 0 aliphatic carbocycles. The minimum absolute atomic E-state index is 0.0832. The summed E-state index contributed by atoms with van der Waals surface area (Å²) in [5, 5.41) is 16.9. The second-order valence-corrected chi connectivity index (χ2v) is 7.89. The van der Waals surface area contributed by atoms with Crippen molar-refractivity contribution in [1.82, 2.24) is 20.2 Å². The fourth-order valence-electron chi connectivity index (χ4n) is 4.22. The van der Waals surface area contributed by atoms with Crippen LogP contribution in [0.1, 0.15) is 31.5 Å². The zero-order chi connectivity index (χ0) is 19.5. The number of aryl methyl sites for hydroxylation is 1. The van der Waals surface area contributed by atoms with Gasteiger partial charge in [-0.2, -0.15) is 0 Å². The third kappa shape index (κ3) is 4.55. The SMILES string of the molecule is Cn1ccnc1CNC(=O)C[C@@H]1C[C@H]2O[C@H](CNC3CCOCC3)[C@@H](O)[C@H]2O1. The van der Waals surface area contributed by atoms with Gasteiger partial charge in [0.25, 0.3) is 0 Å². The Morgan fingerprint density at radius 1 is 1.36 bits per heavy atom. The number of aliphatic hydroxyl groups excluding tert-OH is 1. The molecule has 9 nitrogen and oxygen atoms in total. The summed E-state index contributed by atoms with van der Waals surface area (Å²) in [5.41, 5.74) is 0. The lowest BCUT2D eigenvalue weighted by Crippen LogP contribution is -2.44. The average molecular weight is 394 g/mol. The van der Waals surface area contributed by atoms with Crippen molar-refractivity contribution in [1.29, 1.82) is 0 Å². The van der Waals surface area contributed by atoms with Crippen molar-refractivity contribution in [2.45, 2.75) is 68.8 Å². The van der Waals surface area contributed by atoms with Crippen LogP contribution in [0.2, 0.25) is 0 Å². The highest BCUT2D eigenvalue weighted by atomic mass is 16.6. The molecule has 3 fully saturated rings. The first-order chi connectivity index (χ1) is 13.6. The Bertz CT molecular complexity index is 663. The molecule has 4 rings (SSSR count). The van der Waals surface area contributed by atoms with Crippen LogP contribution in [0, 0.1) is 0 Å². The molecule has 156 valence electrons.